The third-order valence-electron chi connectivity index (χ3n) is 4.64. The van der Waals surface area contributed by atoms with Crippen LogP contribution < -0.4 is 5.32 Å². The van der Waals surface area contributed by atoms with Crippen LogP contribution in [-0.4, -0.2) is 17.5 Å². The topological polar surface area (TPSA) is 63.2 Å². The van der Waals surface area contributed by atoms with Gasteiger partial charge < -0.3 is 5.32 Å². The van der Waals surface area contributed by atoms with Gasteiger partial charge in [-0.1, -0.05) is 0 Å². The third-order valence-corrected chi connectivity index (χ3v) is 4.64. The third kappa shape index (κ3) is 4.72. The van der Waals surface area contributed by atoms with Crippen molar-refractivity contribution in [3.63, 3.8) is 0 Å². The van der Waals surface area contributed by atoms with Crippen molar-refractivity contribution < 1.29 is 27.6 Å². The lowest BCUT2D eigenvalue weighted by Crippen LogP contribution is -2.21. The van der Waals surface area contributed by atoms with Gasteiger partial charge in [-0.15, -0.1) is 0 Å². The summed E-state index contributed by atoms with van der Waals surface area (Å²) >= 11 is 0. The van der Waals surface area contributed by atoms with E-state index in [0.29, 0.717) is 35.1 Å². The summed E-state index contributed by atoms with van der Waals surface area (Å²) in [6.45, 7) is 4.83. The zero-order chi connectivity index (χ0) is 20.4. The first-order chi connectivity index (χ1) is 12.5. The second-order valence-electron chi connectivity index (χ2n) is 6.49. The summed E-state index contributed by atoms with van der Waals surface area (Å²) in [5.74, 6) is -0.699. The minimum atomic E-state index is -4.43. The van der Waals surface area contributed by atoms with Crippen LogP contribution >= 0.6 is 0 Å². The summed E-state index contributed by atoms with van der Waals surface area (Å²) in [5, 5.41) is 2.52. The van der Waals surface area contributed by atoms with Gasteiger partial charge in [-0.25, -0.2) is 0 Å². The number of carbonyl (C=O) groups excluding carboxylic acids is 3. The van der Waals surface area contributed by atoms with Gasteiger partial charge in [0.15, 0.2) is 11.6 Å². The number of rotatable bonds is 5. The Morgan fingerprint density at radius 1 is 0.926 bits per heavy atom. The van der Waals surface area contributed by atoms with Gasteiger partial charge in [0.05, 0.1) is 5.56 Å². The maximum atomic E-state index is 12.5. The van der Waals surface area contributed by atoms with Gasteiger partial charge in [0.1, 0.15) is 0 Å². The number of carbonyl (C=O) groups is 3. The molecular formula is C20H20F3NO3. The van der Waals surface area contributed by atoms with Gasteiger partial charge in [0.2, 0.25) is 5.91 Å². The predicted molar refractivity (Wildman–Crippen MR) is 95.0 cm³/mol. The molecule has 0 bridgehead atoms. The second-order valence-corrected chi connectivity index (χ2v) is 6.49. The molecule has 1 N–H and O–H groups in total. The Morgan fingerprint density at radius 3 is 2.04 bits per heavy atom. The van der Waals surface area contributed by atoms with Crippen LogP contribution in [0.4, 0.5) is 18.9 Å². The molecule has 0 fully saturated rings. The molecule has 1 amide bonds. The summed E-state index contributed by atoms with van der Waals surface area (Å²) in [7, 11) is 0. The molecule has 1 aliphatic carbocycles. The average molecular weight is 379 g/mol. The highest BCUT2D eigenvalue weighted by Crippen LogP contribution is 2.30. The smallest absolute Gasteiger partial charge is 0.326 e. The molecule has 1 aromatic rings. The van der Waals surface area contributed by atoms with Crippen LogP contribution in [0.2, 0.25) is 0 Å². The first-order valence-corrected chi connectivity index (χ1v) is 8.46. The number of anilines is 1. The van der Waals surface area contributed by atoms with Crippen molar-refractivity contribution in [2.75, 3.05) is 5.32 Å². The van der Waals surface area contributed by atoms with Crippen molar-refractivity contribution in [1.82, 2.24) is 0 Å². The number of benzene rings is 1. The summed E-state index contributed by atoms with van der Waals surface area (Å²) in [4.78, 5) is 36.4. The zero-order valence-corrected chi connectivity index (χ0v) is 15.3. The monoisotopic (exact) mass is 379 g/mol. The number of amides is 1. The van der Waals surface area contributed by atoms with Crippen molar-refractivity contribution >= 4 is 23.2 Å². The first kappa shape index (κ1) is 20.6. The number of alkyl halides is 3. The van der Waals surface area contributed by atoms with E-state index in [0.717, 1.165) is 12.1 Å². The molecule has 0 saturated carbocycles. The molecule has 0 spiro atoms. The molecule has 0 atom stereocenters. The number of hydrogen-bond donors (Lipinski definition) is 1. The summed E-state index contributed by atoms with van der Waals surface area (Å²) in [5.41, 5.74) is 1.18. The fourth-order valence-electron chi connectivity index (χ4n) is 2.85. The van der Waals surface area contributed by atoms with E-state index in [4.69, 9.17) is 0 Å². The van der Waals surface area contributed by atoms with Crippen LogP contribution in [0.3, 0.4) is 0 Å². The first-order valence-electron chi connectivity index (χ1n) is 8.46. The predicted octanol–water partition coefficient (Wildman–Crippen LogP) is 4.62. The van der Waals surface area contributed by atoms with Gasteiger partial charge in [-0.05, 0) is 57.9 Å². The fraction of sp³-hybridized carbons (Fsp3) is 0.350. The van der Waals surface area contributed by atoms with Gasteiger partial charge in [-0.3, -0.25) is 14.4 Å². The van der Waals surface area contributed by atoms with E-state index < -0.39 is 11.7 Å². The Hall–Kier alpha value is -2.70. The molecule has 0 saturated heterocycles. The highest BCUT2D eigenvalue weighted by molar-refractivity contribution is 6.24. The van der Waals surface area contributed by atoms with E-state index >= 15 is 0 Å². The molecule has 4 nitrogen and oxygen atoms in total. The number of ketones is 2. The number of halogens is 3. The average Bonchev–Trinajstić information content (AvgIpc) is 2.61. The van der Waals surface area contributed by atoms with Crippen LogP contribution in [0.1, 0.15) is 45.6 Å². The summed E-state index contributed by atoms with van der Waals surface area (Å²) < 4.78 is 37.6. The Morgan fingerprint density at radius 2 is 1.48 bits per heavy atom. The van der Waals surface area contributed by atoms with E-state index in [2.05, 4.69) is 5.32 Å². The lowest BCUT2D eigenvalue weighted by Gasteiger charge is -2.18. The largest absolute Gasteiger partial charge is 0.416 e. The standard InChI is InChI=1S/C20H20F3NO3/c1-11-12(2)19(27)16(13(3)18(11)26)5-4-6-17(25)24-15-9-7-14(8-10-15)20(21,22)23/h7-10H,4-6H2,1-3H3,(H,24,25). The number of Topliss-reactive ketones (excluding diaryl/α,β-unsaturated/α-hetero) is 2. The molecule has 0 aliphatic heterocycles. The SMILES string of the molecule is CC1=C(C)C(=O)C(CCCC(=O)Nc2ccc(C(F)(F)F)cc2)=C(C)C1=O. The van der Waals surface area contributed by atoms with Gasteiger partial charge in [-0.2, -0.15) is 13.2 Å². The number of allylic oxidation sites excluding steroid dienone is 4. The molecule has 7 heteroatoms. The Labute approximate surface area is 155 Å². The quantitative estimate of drug-likeness (QED) is 0.760. The van der Waals surface area contributed by atoms with Crippen molar-refractivity contribution in [2.24, 2.45) is 0 Å². The van der Waals surface area contributed by atoms with Crippen LogP contribution in [0.25, 0.3) is 0 Å². The normalized spacial score (nSPS) is 15.5. The van der Waals surface area contributed by atoms with Crippen molar-refractivity contribution in [1.29, 1.82) is 0 Å². The van der Waals surface area contributed by atoms with E-state index in [9.17, 15) is 27.6 Å². The molecule has 1 aliphatic rings. The Balaban J connectivity index is 1.91. The van der Waals surface area contributed by atoms with Gasteiger partial charge in [0.25, 0.3) is 0 Å². The summed E-state index contributed by atoms with van der Waals surface area (Å²) in [6.07, 6.45) is -3.70. The van der Waals surface area contributed by atoms with Crippen molar-refractivity contribution in [3.8, 4) is 0 Å². The van der Waals surface area contributed by atoms with Crippen LogP contribution in [-0.2, 0) is 20.6 Å². The van der Waals surface area contributed by atoms with Crippen molar-refractivity contribution in [2.45, 2.75) is 46.2 Å². The van der Waals surface area contributed by atoms with E-state index in [1.807, 2.05) is 0 Å². The zero-order valence-electron chi connectivity index (χ0n) is 15.3. The summed E-state index contributed by atoms with van der Waals surface area (Å²) in [6, 6.07) is 4.17. The van der Waals surface area contributed by atoms with E-state index in [1.165, 1.54) is 12.1 Å². The Bertz CT molecular complexity index is 846. The molecular weight excluding hydrogens is 359 g/mol. The lowest BCUT2D eigenvalue weighted by atomic mass is 9.84. The Kier molecular flexibility index (Phi) is 6.03. The van der Waals surface area contributed by atoms with Gasteiger partial charge in [0, 0.05) is 34.4 Å². The van der Waals surface area contributed by atoms with Gasteiger partial charge >= 0.3 is 6.18 Å². The number of nitrogens with one attached hydrogen (secondary N) is 1. The molecule has 27 heavy (non-hydrogen) atoms. The van der Waals surface area contributed by atoms with E-state index in [1.54, 1.807) is 20.8 Å². The molecule has 144 valence electrons. The van der Waals surface area contributed by atoms with Crippen molar-refractivity contribution in [3.05, 3.63) is 52.1 Å². The molecule has 0 heterocycles. The minimum absolute atomic E-state index is 0.0843. The lowest BCUT2D eigenvalue weighted by molar-refractivity contribution is -0.137. The highest BCUT2D eigenvalue weighted by atomic mass is 19.4. The molecule has 0 aromatic heterocycles. The van der Waals surface area contributed by atoms with Crippen LogP contribution in [0.15, 0.2) is 46.6 Å². The maximum Gasteiger partial charge on any atom is 0.416 e. The number of hydrogen-bond acceptors (Lipinski definition) is 3. The highest BCUT2D eigenvalue weighted by Gasteiger charge is 2.30. The van der Waals surface area contributed by atoms with E-state index in [-0.39, 0.29) is 29.6 Å². The minimum Gasteiger partial charge on any atom is -0.326 e. The van der Waals surface area contributed by atoms with Crippen LogP contribution in [0.5, 0.6) is 0 Å². The molecule has 1 aromatic carbocycles. The maximum absolute atomic E-state index is 12.5. The fourth-order valence-corrected chi connectivity index (χ4v) is 2.85. The molecule has 0 radical (unpaired) electrons. The second kappa shape index (κ2) is 7.90. The molecule has 2 rings (SSSR count). The van der Waals surface area contributed by atoms with Crippen LogP contribution in [0, 0.1) is 0 Å². The molecule has 0 unspecified atom stereocenters.